The van der Waals surface area contributed by atoms with E-state index in [0.29, 0.717) is 18.0 Å². The Hall–Kier alpha value is -1.55. The maximum Gasteiger partial charge on any atom is 0.134 e. The normalized spacial score (nSPS) is 10.2. The van der Waals surface area contributed by atoms with Crippen LogP contribution in [0.5, 0.6) is 5.75 Å². The van der Waals surface area contributed by atoms with Gasteiger partial charge in [-0.2, -0.15) is 0 Å². The highest BCUT2D eigenvalue weighted by atomic mass is 79.9. The Labute approximate surface area is 107 Å². The van der Waals surface area contributed by atoms with E-state index in [1.807, 2.05) is 0 Å². The van der Waals surface area contributed by atoms with Crippen LogP contribution in [0.25, 0.3) is 0 Å². The number of benzene rings is 2. The zero-order chi connectivity index (χ0) is 12.3. The maximum absolute atomic E-state index is 12.7. The fraction of sp³-hybridized carbons (Fsp3) is 0.0769. The van der Waals surface area contributed by atoms with Crippen LogP contribution in [0.1, 0.15) is 5.56 Å². The van der Waals surface area contributed by atoms with Crippen molar-refractivity contribution >= 4 is 21.6 Å². The van der Waals surface area contributed by atoms with Crippen LogP contribution in [0.4, 0.5) is 10.1 Å². The van der Waals surface area contributed by atoms with Crippen molar-refractivity contribution in [2.24, 2.45) is 0 Å². The van der Waals surface area contributed by atoms with Crippen LogP contribution in [0.3, 0.4) is 0 Å². The lowest BCUT2D eigenvalue weighted by Gasteiger charge is -2.08. The zero-order valence-corrected chi connectivity index (χ0v) is 10.6. The Bertz CT molecular complexity index is 513. The van der Waals surface area contributed by atoms with E-state index in [1.165, 1.54) is 12.1 Å². The van der Waals surface area contributed by atoms with E-state index in [0.717, 1.165) is 10.0 Å². The average Bonchev–Trinajstić information content (AvgIpc) is 2.30. The molecule has 0 unspecified atom stereocenters. The third-order valence-corrected chi connectivity index (χ3v) is 2.88. The molecule has 88 valence electrons. The number of ether oxygens (including phenoxy) is 1. The SMILES string of the molecule is Nc1ccc(OCc2ccc(F)cc2)c(Br)c1. The molecular formula is C13H11BrFNO. The fourth-order valence-corrected chi connectivity index (χ4v) is 1.89. The van der Waals surface area contributed by atoms with E-state index in [2.05, 4.69) is 15.9 Å². The standard InChI is InChI=1S/C13H11BrFNO/c14-12-7-11(16)5-6-13(12)17-8-9-1-3-10(15)4-2-9/h1-7H,8,16H2. The van der Waals surface area contributed by atoms with Crippen molar-refractivity contribution in [3.05, 3.63) is 58.3 Å². The molecule has 0 aromatic heterocycles. The van der Waals surface area contributed by atoms with Crippen molar-refractivity contribution in [2.75, 3.05) is 5.73 Å². The smallest absolute Gasteiger partial charge is 0.134 e. The molecule has 4 heteroatoms. The molecule has 0 spiro atoms. The molecule has 2 rings (SSSR count). The van der Waals surface area contributed by atoms with Crippen LogP contribution in [0.15, 0.2) is 46.9 Å². The maximum atomic E-state index is 12.7. The van der Waals surface area contributed by atoms with Gasteiger partial charge in [0.05, 0.1) is 4.47 Å². The summed E-state index contributed by atoms with van der Waals surface area (Å²) >= 11 is 3.37. The quantitative estimate of drug-likeness (QED) is 0.875. The molecule has 0 aliphatic rings. The third kappa shape index (κ3) is 3.20. The molecule has 2 N–H and O–H groups in total. The highest BCUT2D eigenvalue weighted by Gasteiger charge is 2.02. The molecule has 0 fully saturated rings. The van der Waals surface area contributed by atoms with Crippen molar-refractivity contribution in [1.82, 2.24) is 0 Å². The summed E-state index contributed by atoms with van der Waals surface area (Å²) in [5, 5.41) is 0. The van der Waals surface area contributed by atoms with Crippen molar-refractivity contribution in [2.45, 2.75) is 6.61 Å². The average molecular weight is 296 g/mol. The minimum atomic E-state index is -0.248. The molecule has 0 radical (unpaired) electrons. The molecule has 0 saturated carbocycles. The molecular weight excluding hydrogens is 285 g/mol. The van der Waals surface area contributed by atoms with Gasteiger partial charge in [0.15, 0.2) is 0 Å². The van der Waals surface area contributed by atoms with Crippen LogP contribution in [0, 0.1) is 5.82 Å². The first-order chi connectivity index (χ1) is 8.15. The van der Waals surface area contributed by atoms with E-state index in [4.69, 9.17) is 10.5 Å². The Kier molecular flexibility index (Phi) is 3.64. The largest absolute Gasteiger partial charge is 0.488 e. The molecule has 0 bridgehead atoms. The highest BCUT2D eigenvalue weighted by Crippen LogP contribution is 2.27. The van der Waals surface area contributed by atoms with Crippen LogP contribution in [-0.4, -0.2) is 0 Å². The lowest BCUT2D eigenvalue weighted by molar-refractivity contribution is 0.304. The van der Waals surface area contributed by atoms with Gasteiger partial charge in [-0.15, -0.1) is 0 Å². The van der Waals surface area contributed by atoms with Crippen LogP contribution in [-0.2, 0) is 6.61 Å². The first-order valence-corrected chi connectivity index (χ1v) is 5.87. The molecule has 2 aromatic rings. The zero-order valence-electron chi connectivity index (χ0n) is 8.99. The summed E-state index contributed by atoms with van der Waals surface area (Å²) in [6.07, 6.45) is 0. The second kappa shape index (κ2) is 5.19. The second-order valence-corrected chi connectivity index (χ2v) is 4.46. The topological polar surface area (TPSA) is 35.2 Å². The van der Waals surface area contributed by atoms with Crippen molar-refractivity contribution in [3.63, 3.8) is 0 Å². The number of rotatable bonds is 3. The first-order valence-electron chi connectivity index (χ1n) is 5.07. The Morgan fingerprint density at radius 1 is 1.12 bits per heavy atom. The number of anilines is 1. The van der Waals surface area contributed by atoms with Gasteiger partial charge in [0, 0.05) is 5.69 Å². The minimum absolute atomic E-state index is 0.248. The second-order valence-electron chi connectivity index (χ2n) is 3.61. The molecule has 2 aromatic carbocycles. The van der Waals surface area contributed by atoms with Crippen LogP contribution in [0.2, 0.25) is 0 Å². The molecule has 0 amide bonds. The van der Waals surface area contributed by atoms with Gasteiger partial charge in [0.1, 0.15) is 18.2 Å². The third-order valence-electron chi connectivity index (χ3n) is 2.26. The number of hydrogen-bond acceptors (Lipinski definition) is 2. The number of halogens is 2. The van der Waals surface area contributed by atoms with Gasteiger partial charge in [0.25, 0.3) is 0 Å². The summed E-state index contributed by atoms with van der Waals surface area (Å²) in [6, 6.07) is 11.6. The van der Waals surface area contributed by atoms with Crippen molar-refractivity contribution in [3.8, 4) is 5.75 Å². The number of nitrogens with two attached hydrogens (primary N) is 1. The van der Waals surface area contributed by atoms with Gasteiger partial charge >= 0.3 is 0 Å². The van der Waals surface area contributed by atoms with Crippen LogP contribution < -0.4 is 10.5 Å². The van der Waals surface area contributed by atoms with Gasteiger partial charge in [0.2, 0.25) is 0 Å². The predicted molar refractivity (Wildman–Crippen MR) is 69.3 cm³/mol. The van der Waals surface area contributed by atoms with Gasteiger partial charge < -0.3 is 10.5 Å². The molecule has 0 aliphatic heterocycles. The Morgan fingerprint density at radius 3 is 2.47 bits per heavy atom. The van der Waals surface area contributed by atoms with Crippen LogP contribution >= 0.6 is 15.9 Å². The highest BCUT2D eigenvalue weighted by molar-refractivity contribution is 9.10. The number of hydrogen-bond donors (Lipinski definition) is 1. The molecule has 17 heavy (non-hydrogen) atoms. The lowest BCUT2D eigenvalue weighted by atomic mass is 10.2. The van der Waals surface area contributed by atoms with Gasteiger partial charge in [-0.05, 0) is 51.8 Å². The fourth-order valence-electron chi connectivity index (χ4n) is 1.38. The summed E-state index contributed by atoms with van der Waals surface area (Å²) < 4.78 is 19.1. The molecule has 0 atom stereocenters. The molecule has 0 heterocycles. The summed E-state index contributed by atoms with van der Waals surface area (Å²) in [5.74, 6) is 0.464. The van der Waals surface area contributed by atoms with Gasteiger partial charge in [-0.25, -0.2) is 4.39 Å². The first kappa shape index (κ1) is 11.9. The van der Waals surface area contributed by atoms with Gasteiger partial charge in [-0.3, -0.25) is 0 Å². The summed E-state index contributed by atoms with van der Waals surface area (Å²) in [6.45, 7) is 0.392. The van der Waals surface area contributed by atoms with E-state index in [1.54, 1.807) is 30.3 Å². The summed E-state index contributed by atoms with van der Waals surface area (Å²) in [4.78, 5) is 0. The van der Waals surface area contributed by atoms with E-state index >= 15 is 0 Å². The van der Waals surface area contributed by atoms with Crippen molar-refractivity contribution < 1.29 is 9.13 Å². The Morgan fingerprint density at radius 2 is 1.82 bits per heavy atom. The van der Waals surface area contributed by atoms with Crippen molar-refractivity contribution in [1.29, 1.82) is 0 Å². The molecule has 2 nitrogen and oxygen atoms in total. The van der Waals surface area contributed by atoms with E-state index in [-0.39, 0.29) is 5.82 Å². The monoisotopic (exact) mass is 295 g/mol. The minimum Gasteiger partial charge on any atom is -0.488 e. The predicted octanol–water partition coefficient (Wildman–Crippen LogP) is 3.75. The Balaban J connectivity index is 2.04. The summed E-state index contributed by atoms with van der Waals surface area (Å²) in [7, 11) is 0. The number of nitrogen functional groups attached to an aromatic ring is 1. The lowest BCUT2D eigenvalue weighted by Crippen LogP contribution is -1.96. The molecule has 0 aliphatic carbocycles. The molecule has 0 saturated heterocycles. The van der Waals surface area contributed by atoms with E-state index < -0.39 is 0 Å². The summed E-state index contributed by atoms with van der Waals surface area (Å²) in [5.41, 5.74) is 7.21. The van der Waals surface area contributed by atoms with Gasteiger partial charge in [-0.1, -0.05) is 12.1 Å². The van der Waals surface area contributed by atoms with E-state index in [9.17, 15) is 4.39 Å².